The van der Waals surface area contributed by atoms with Gasteiger partial charge >= 0.3 is 0 Å². The quantitative estimate of drug-likeness (QED) is 0.913. The Morgan fingerprint density at radius 2 is 2.11 bits per heavy atom. The van der Waals surface area contributed by atoms with Gasteiger partial charge in [0.05, 0.1) is 11.4 Å². The highest BCUT2D eigenvalue weighted by Gasteiger charge is 2.28. The third kappa shape index (κ3) is 2.96. The lowest BCUT2D eigenvalue weighted by atomic mass is 9.91. The summed E-state index contributed by atoms with van der Waals surface area (Å²) in [5.74, 6) is -0.387. The number of amides is 1. The van der Waals surface area contributed by atoms with Crippen LogP contribution in [-0.2, 0) is 16.8 Å². The number of hydrogen-bond acceptors (Lipinski definition) is 2. The van der Waals surface area contributed by atoms with Gasteiger partial charge in [0.2, 0.25) is 5.91 Å². The monoisotopic (exact) mass is 267 g/mol. The minimum Gasteiger partial charge on any atom is -0.352 e. The van der Waals surface area contributed by atoms with E-state index in [-0.39, 0.29) is 23.7 Å². The van der Waals surface area contributed by atoms with Crippen LogP contribution in [0.25, 0.3) is 0 Å². The molecule has 5 heteroatoms. The summed E-state index contributed by atoms with van der Waals surface area (Å²) in [5, 5.41) is 7.10. The van der Waals surface area contributed by atoms with Crippen LogP contribution >= 0.6 is 0 Å². The Bertz CT molecular complexity index is 484. The predicted octanol–water partition coefficient (Wildman–Crippen LogP) is 2.30. The fourth-order valence-corrected chi connectivity index (χ4v) is 2.35. The first kappa shape index (κ1) is 14.0. The number of hydrogen-bond donors (Lipinski definition) is 1. The van der Waals surface area contributed by atoms with Gasteiger partial charge in [0.1, 0.15) is 6.54 Å². The molecule has 1 fully saturated rings. The summed E-state index contributed by atoms with van der Waals surface area (Å²) < 4.78 is 15.6. The van der Waals surface area contributed by atoms with Crippen LogP contribution in [0.4, 0.5) is 4.39 Å². The standard InChI is InChI=1S/C14H22FN3O/c1-9-12(15)13(14(2,3)4)18(17-9)8-11(19)16-10-6-5-7-10/h10H,5-8H2,1-4H3,(H,16,19). The van der Waals surface area contributed by atoms with E-state index in [9.17, 15) is 9.18 Å². The number of halogens is 1. The van der Waals surface area contributed by atoms with Crippen LogP contribution in [0.2, 0.25) is 0 Å². The first-order valence-electron chi connectivity index (χ1n) is 6.82. The lowest BCUT2D eigenvalue weighted by Crippen LogP contribution is -2.41. The number of rotatable bonds is 3. The first-order valence-corrected chi connectivity index (χ1v) is 6.82. The molecule has 0 saturated heterocycles. The normalized spacial score (nSPS) is 16.3. The summed E-state index contributed by atoms with van der Waals surface area (Å²) in [6.45, 7) is 7.49. The Hall–Kier alpha value is -1.39. The molecule has 0 spiro atoms. The van der Waals surface area contributed by atoms with Crippen molar-refractivity contribution in [3.8, 4) is 0 Å². The van der Waals surface area contributed by atoms with Gasteiger partial charge in [0.25, 0.3) is 0 Å². The molecule has 1 aromatic heterocycles. The molecule has 2 rings (SSSR count). The van der Waals surface area contributed by atoms with Crippen molar-refractivity contribution in [1.82, 2.24) is 15.1 Å². The number of nitrogens with one attached hydrogen (secondary N) is 1. The van der Waals surface area contributed by atoms with Crippen LogP contribution in [0.1, 0.15) is 51.4 Å². The number of carbonyl (C=O) groups is 1. The van der Waals surface area contributed by atoms with Crippen LogP contribution in [0.3, 0.4) is 0 Å². The third-order valence-corrected chi connectivity index (χ3v) is 3.53. The molecule has 1 amide bonds. The van der Waals surface area contributed by atoms with E-state index in [1.54, 1.807) is 6.92 Å². The molecule has 1 aliphatic carbocycles. The molecule has 1 aliphatic rings. The second kappa shape index (κ2) is 4.94. The largest absolute Gasteiger partial charge is 0.352 e. The van der Waals surface area contributed by atoms with Crippen molar-refractivity contribution in [3.05, 3.63) is 17.2 Å². The fourth-order valence-electron chi connectivity index (χ4n) is 2.35. The van der Waals surface area contributed by atoms with Crippen molar-refractivity contribution in [3.63, 3.8) is 0 Å². The Morgan fingerprint density at radius 3 is 2.58 bits per heavy atom. The molecule has 1 aromatic rings. The van der Waals surface area contributed by atoms with Gasteiger partial charge < -0.3 is 5.32 Å². The summed E-state index contributed by atoms with van der Waals surface area (Å²) >= 11 is 0. The Labute approximate surface area is 113 Å². The highest BCUT2D eigenvalue weighted by Crippen LogP contribution is 2.26. The van der Waals surface area contributed by atoms with E-state index >= 15 is 0 Å². The summed E-state index contributed by atoms with van der Waals surface area (Å²) in [6, 6.07) is 0.298. The maximum absolute atomic E-state index is 14.1. The van der Waals surface area contributed by atoms with E-state index in [1.165, 1.54) is 11.1 Å². The van der Waals surface area contributed by atoms with Gasteiger partial charge in [-0.15, -0.1) is 0 Å². The maximum atomic E-state index is 14.1. The predicted molar refractivity (Wildman–Crippen MR) is 71.4 cm³/mol. The minimum atomic E-state index is -0.373. The number of nitrogens with zero attached hydrogens (tertiary/aromatic N) is 2. The van der Waals surface area contributed by atoms with Gasteiger partial charge in [-0.2, -0.15) is 5.10 Å². The fraction of sp³-hybridized carbons (Fsp3) is 0.714. The molecule has 1 N–H and O–H groups in total. The molecule has 0 bridgehead atoms. The highest BCUT2D eigenvalue weighted by atomic mass is 19.1. The lowest BCUT2D eigenvalue weighted by molar-refractivity contribution is -0.123. The molecular weight excluding hydrogens is 245 g/mol. The summed E-state index contributed by atoms with van der Waals surface area (Å²) in [4.78, 5) is 11.9. The van der Waals surface area contributed by atoms with Crippen LogP contribution in [0.5, 0.6) is 0 Å². The maximum Gasteiger partial charge on any atom is 0.241 e. The zero-order chi connectivity index (χ0) is 14.2. The number of carbonyl (C=O) groups excluding carboxylic acids is 1. The molecule has 4 nitrogen and oxygen atoms in total. The Kier molecular flexibility index (Phi) is 3.65. The van der Waals surface area contributed by atoms with Gasteiger partial charge in [-0.1, -0.05) is 20.8 Å². The van der Waals surface area contributed by atoms with Gasteiger partial charge in [-0.05, 0) is 26.2 Å². The molecule has 0 aromatic carbocycles. The van der Waals surface area contributed by atoms with E-state index in [0.29, 0.717) is 17.4 Å². The molecule has 1 saturated carbocycles. The minimum absolute atomic E-state index is 0.0855. The van der Waals surface area contributed by atoms with Crippen molar-refractivity contribution in [1.29, 1.82) is 0 Å². The summed E-state index contributed by atoms with van der Waals surface area (Å²) in [7, 11) is 0. The average Bonchev–Trinajstić information content (AvgIpc) is 2.48. The second-order valence-electron chi connectivity index (χ2n) is 6.35. The van der Waals surface area contributed by atoms with Gasteiger partial charge in [-0.3, -0.25) is 9.48 Å². The van der Waals surface area contributed by atoms with Crippen molar-refractivity contribution in [2.45, 2.75) is 65.0 Å². The third-order valence-electron chi connectivity index (χ3n) is 3.53. The van der Waals surface area contributed by atoms with E-state index in [0.717, 1.165) is 12.8 Å². The topological polar surface area (TPSA) is 46.9 Å². The first-order chi connectivity index (χ1) is 8.79. The van der Waals surface area contributed by atoms with Crippen molar-refractivity contribution >= 4 is 5.91 Å². The number of aromatic nitrogens is 2. The Morgan fingerprint density at radius 1 is 1.47 bits per heavy atom. The number of aryl methyl sites for hydroxylation is 1. The molecule has 0 radical (unpaired) electrons. The van der Waals surface area contributed by atoms with Crippen LogP contribution in [-0.4, -0.2) is 21.7 Å². The van der Waals surface area contributed by atoms with E-state index < -0.39 is 0 Å². The van der Waals surface area contributed by atoms with Crippen molar-refractivity contribution in [2.75, 3.05) is 0 Å². The van der Waals surface area contributed by atoms with Crippen molar-refractivity contribution in [2.24, 2.45) is 0 Å². The lowest BCUT2D eigenvalue weighted by Gasteiger charge is -2.27. The van der Waals surface area contributed by atoms with Crippen LogP contribution < -0.4 is 5.32 Å². The molecule has 1 heterocycles. The SMILES string of the molecule is Cc1nn(CC(=O)NC2CCC2)c(C(C)(C)C)c1F. The molecular formula is C14H22FN3O. The Balaban J connectivity index is 2.15. The zero-order valence-electron chi connectivity index (χ0n) is 12.1. The van der Waals surface area contributed by atoms with E-state index in [2.05, 4.69) is 10.4 Å². The smallest absolute Gasteiger partial charge is 0.241 e. The van der Waals surface area contributed by atoms with Crippen LogP contribution in [0, 0.1) is 12.7 Å². The molecule has 106 valence electrons. The van der Waals surface area contributed by atoms with Crippen molar-refractivity contribution < 1.29 is 9.18 Å². The molecule has 0 atom stereocenters. The second-order valence-corrected chi connectivity index (χ2v) is 6.35. The molecule has 0 aliphatic heterocycles. The van der Waals surface area contributed by atoms with Gasteiger partial charge in [0, 0.05) is 11.5 Å². The molecule has 19 heavy (non-hydrogen) atoms. The average molecular weight is 267 g/mol. The van der Waals surface area contributed by atoms with Gasteiger partial charge in [-0.25, -0.2) is 4.39 Å². The highest BCUT2D eigenvalue weighted by molar-refractivity contribution is 5.76. The van der Waals surface area contributed by atoms with Gasteiger partial charge in [0.15, 0.2) is 5.82 Å². The van der Waals surface area contributed by atoms with E-state index in [1.807, 2.05) is 20.8 Å². The zero-order valence-corrected chi connectivity index (χ0v) is 12.1. The van der Waals surface area contributed by atoms with Crippen LogP contribution in [0.15, 0.2) is 0 Å². The molecule has 0 unspecified atom stereocenters. The van der Waals surface area contributed by atoms with E-state index in [4.69, 9.17) is 0 Å². The summed E-state index contributed by atoms with van der Waals surface area (Å²) in [5.41, 5.74) is 0.470. The summed E-state index contributed by atoms with van der Waals surface area (Å²) in [6.07, 6.45) is 3.27.